The molecule has 3 nitrogen and oxygen atoms in total. The zero-order valence-electron chi connectivity index (χ0n) is 12.3. The van der Waals surface area contributed by atoms with Gasteiger partial charge in [0, 0.05) is 5.25 Å². The first-order valence-corrected chi connectivity index (χ1v) is 8.72. The highest BCUT2D eigenvalue weighted by Gasteiger charge is 2.36. The maximum Gasteiger partial charge on any atom is 0.170 e. The van der Waals surface area contributed by atoms with Gasteiger partial charge in [-0.05, 0) is 61.5 Å². The Morgan fingerprint density at radius 2 is 2.11 bits per heavy atom. The normalized spacial score (nSPS) is 28.6. The van der Waals surface area contributed by atoms with Crippen LogP contribution in [0.1, 0.15) is 45.9 Å². The van der Waals surface area contributed by atoms with Crippen molar-refractivity contribution < 1.29 is 0 Å². The summed E-state index contributed by atoms with van der Waals surface area (Å²) in [7, 11) is 0. The Bertz CT molecular complexity index is 411. The average molecular weight is 300 g/mol. The fraction of sp³-hybridized carbons (Fsp3) is 0.857. The summed E-state index contributed by atoms with van der Waals surface area (Å²) in [4.78, 5) is 4.49. The molecule has 0 saturated heterocycles. The van der Waals surface area contributed by atoms with Crippen molar-refractivity contribution >= 4 is 23.3 Å². The molecule has 0 aliphatic heterocycles. The maximum absolute atomic E-state index is 5.96. The van der Waals surface area contributed by atoms with E-state index in [1.807, 2.05) is 18.7 Å². The Morgan fingerprint density at radius 1 is 1.37 bits per heavy atom. The predicted octanol–water partition coefficient (Wildman–Crippen LogP) is 3.73. The van der Waals surface area contributed by atoms with Crippen molar-refractivity contribution in [3.8, 4) is 0 Å². The quantitative estimate of drug-likeness (QED) is 0.924. The molecule has 3 unspecified atom stereocenters. The van der Waals surface area contributed by atoms with Gasteiger partial charge in [-0.15, -0.1) is 0 Å². The number of nitrogens with zero attached hydrogens (tertiary/aromatic N) is 2. The minimum atomic E-state index is 0.398. The standard InChI is InChI=1S/C14H25N3S2/c1-9-16-13(19-17-9)18-12-7-11(14(2,3)4)6-5-10(12)8-15/h10-12H,5-8,15H2,1-4H3. The van der Waals surface area contributed by atoms with Crippen molar-refractivity contribution in [2.45, 2.75) is 56.5 Å². The minimum absolute atomic E-state index is 0.398. The smallest absolute Gasteiger partial charge is 0.170 e. The van der Waals surface area contributed by atoms with Gasteiger partial charge in [0.1, 0.15) is 5.82 Å². The summed E-state index contributed by atoms with van der Waals surface area (Å²) in [5, 5.41) is 0.607. The van der Waals surface area contributed by atoms with E-state index in [0.29, 0.717) is 16.6 Å². The Kier molecular flexibility index (Phi) is 4.90. The molecule has 0 aromatic carbocycles. The zero-order chi connectivity index (χ0) is 14.0. The highest BCUT2D eigenvalue weighted by molar-refractivity contribution is 8.01. The van der Waals surface area contributed by atoms with Crippen LogP contribution in [0.3, 0.4) is 0 Å². The van der Waals surface area contributed by atoms with Gasteiger partial charge in [-0.2, -0.15) is 4.37 Å². The van der Waals surface area contributed by atoms with Gasteiger partial charge in [-0.1, -0.05) is 32.5 Å². The van der Waals surface area contributed by atoms with Crippen molar-refractivity contribution in [1.29, 1.82) is 0 Å². The van der Waals surface area contributed by atoms with Crippen molar-refractivity contribution in [1.82, 2.24) is 9.36 Å². The molecule has 1 aliphatic rings. The van der Waals surface area contributed by atoms with E-state index < -0.39 is 0 Å². The molecule has 0 spiro atoms. The van der Waals surface area contributed by atoms with Crippen LogP contribution in [-0.2, 0) is 0 Å². The number of aryl methyl sites for hydroxylation is 1. The van der Waals surface area contributed by atoms with Crippen LogP contribution < -0.4 is 5.73 Å². The fourth-order valence-electron chi connectivity index (χ4n) is 2.85. The van der Waals surface area contributed by atoms with Crippen LogP contribution in [0.2, 0.25) is 0 Å². The van der Waals surface area contributed by atoms with Crippen LogP contribution in [0.4, 0.5) is 0 Å². The van der Waals surface area contributed by atoms with E-state index in [4.69, 9.17) is 5.73 Å². The second-order valence-corrected chi connectivity index (χ2v) is 8.87. The summed E-state index contributed by atoms with van der Waals surface area (Å²) in [6.07, 6.45) is 3.83. The lowest BCUT2D eigenvalue weighted by Crippen LogP contribution is -2.36. The van der Waals surface area contributed by atoms with E-state index in [9.17, 15) is 0 Å². The monoisotopic (exact) mass is 299 g/mol. The van der Waals surface area contributed by atoms with E-state index in [1.165, 1.54) is 30.8 Å². The molecular formula is C14H25N3S2. The topological polar surface area (TPSA) is 51.8 Å². The van der Waals surface area contributed by atoms with Crippen LogP contribution in [0.5, 0.6) is 0 Å². The number of thioether (sulfide) groups is 1. The fourth-order valence-corrected chi connectivity index (χ4v) is 5.14. The first-order valence-electron chi connectivity index (χ1n) is 7.07. The largest absolute Gasteiger partial charge is 0.330 e. The predicted molar refractivity (Wildman–Crippen MR) is 83.6 cm³/mol. The molecule has 2 N–H and O–H groups in total. The van der Waals surface area contributed by atoms with E-state index in [2.05, 4.69) is 30.1 Å². The summed E-state index contributed by atoms with van der Waals surface area (Å²) in [6.45, 7) is 9.83. The number of hydrogen-bond acceptors (Lipinski definition) is 5. The molecule has 5 heteroatoms. The van der Waals surface area contributed by atoms with E-state index in [1.54, 1.807) is 0 Å². The van der Waals surface area contributed by atoms with Gasteiger partial charge in [-0.3, -0.25) is 0 Å². The molecule has 108 valence electrons. The summed E-state index contributed by atoms with van der Waals surface area (Å²) in [5.74, 6) is 2.31. The van der Waals surface area contributed by atoms with Gasteiger partial charge in [0.15, 0.2) is 4.34 Å². The van der Waals surface area contributed by atoms with Gasteiger partial charge in [0.25, 0.3) is 0 Å². The zero-order valence-corrected chi connectivity index (χ0v) is 14.0. The maximum atomic E-state index is 5.96. The Morgan fingerprint density at radius 3 is 2.63 bits per heavy atom. The molecule has 2 rings (SSSR count). The van der Waals surface area contributed by atoms with E-state index in [-0.39, 0.29) is 0 Å². The third-order valence-corrected chi connectivity index (χ3v) is 6.51. The van der Waals surface area contributed by atoms with Crippen LogP contribution >= 0.6 is 23.3 Å². The Labute approximate surface area is 124 Å². The average Bonchev–Trinajstić information content (AvgIpc) is 2.73. The van der Waals surface area contributed by atoms with Gasteiger partial charge in [-0.25, -0.2) is 4.98 Å². The SMILES string of the molecule is Cc1nsc(SC2CC(C(C)(C)C)CCC2CN)n1. The third kappa shape index (κ3) is 3.92. The highest BCUT2D eigenvalue weighted by Crippen LogP contribution is 2.45. The van der Waals surface area contributed by atoms with E-state index in [0.717, 1.165) is 22.6 Å². The molecule has 1 aromatic heterocycles. The molecule has 1 aromatic rings. The molecule has 0 radical (unpaired) electrons. The Balaban J connectivity index is 2.05. The first kappa shape index (κ1) is 15.3. The van der Waals surface area contributed by atoms with Crippen LogP contribution in [0, 0.1) is 24.2 Å². The summed E-state index contributed by atoms with van der Waals surface area (Å²) < 4.78 is 5.39. The summed E-state index contributed by atoms with van der Waals surface area (Å²) in [6, 6.07) is 0. The molecule has 0 amide bonds. The van der Waals surface area contributed by atoms with Gasteiger partial charge in [0.05, 0.1) is 0 Å². The van der Waals surface area contributed by atoms with E-state index >= 15 is 0 Å². The molecule has 1 aliphatic carbocycles. The molecular weight excluding hydrogens is 274 g/mol. The second kappa shape index (κ2) is 6.10. The van der Waals surface area contributed by atoms with Gasteiger partial charge < -0.3 is 5.73 Å². The van der Waals surface area contributed by atoms with Crippen molar-refractivity contribution in [2.24, 2.45) is 23.0 Å². The lowest BCUT2D eigenvalue weighted by molar-refractivity contribution is 0.157. The van der Waals surface area contributed by atoms with Gasteiger partial charge >= 0.3 is 0 Å². The molecule has 1 heterocycles. The summed E-state index contributed by atoms with van der Waals surface area (Å²) in [5.41, 5.74) is 6.36. The number of aromatic nitrogens is 2. The van der Waals surface area contributed by atoms with Crippen molar-refractivity contribution in [3.05, 3.63) is 5.82 Å². The molecule has 1 fully saturated rings. The van der Waals surface area contributed by atoms with Crippen molar-refractivity contribution in [2.75, 3.05) is 6.54 Å². The van der Waals surface area contributed by atoms with Crippen molar-refractivity contribution in [3.63, 3.8) is 0 Å². The number of rotatable bonds is 3. The van der Waals surface area contributed by atoms with Crippen LogP contribution in [0.25, 0.3) is 0 Å². The molecule has 0 bridgehead atoms. The van der Waals surface area contributed by atoms with Crippen LogP contribution in [0.15, 0.2) is 4.34 Å². The lowest BCUT2D eigenvalue weighted by Gasteiger charge is -2.41. The summed E-state index contributed by atoms with van der Waals surface area (Å²) >= 11 is 3.43. The van der Waals surface area contributed by atoms with Crippen LogP contribution in [-0.4, -0.2) is 21.2 Å². The highest BCUT2D eigenvalue weighted by atomic mass is 32.2. The number of hydrogen-bond donors (Lipinski definition) is 1. The molecule has 1 saturated carbocycles. The minimum Gasteiger partial charge on any atom is -0.330 e. The first-order chi connectivity index (χ1) is 8.90. The molecule has 3 atom stereocenters. The number of nitrogens with two attached hydrogens (primary N) is 1. The Hall–Kier alpha value is -0.130. The molecule has 19 heavy (non-hydrogen) atoms. The third-order valence-electron chi connectivity index (χ3n) is 4.22. The second-order valence-electron chi connectivity index (χ2n) is 6.64. The lowest BCUT2D eigenvalue weighted by atomic mass is 9.69. The van der Waals surface area contributed by atoms with Gasteiger partial charge in [0.2, 0.25) is 0 Å².